The maximum atomic E-state index is 12.6. The average Bonchev–Trinajstić information content (AvgIpc) is 3.06. The summed E-state index contributed by atoms with van der Waals surface area (Å²) >= 11 is 5.94. The van der Waals surface area contributed by atoms with E-state index in [1.807, 2.05) is 6.07 Å². The highest BCUT2D eigenvalue weighted by atomic mass is 35.5. The lowest BCUT2D eigenvalue weighted by molar-refractivity contribution is 0.0594. The van der Waals surface area contributed by atoms with Crippen molar-refractivity contribution in [3.05, 3.63) is 76.6 Å². The lowest BCUT2D eigenvalue weighted by Gasteiger charge is -2.09. The summed E-state index contributed by atoms with van der Waals surface area (Å²) in [5.74, 6) is -0.359. The van der Waals surface area contributed by atoms with E-state index in [0.717, 1.165) is 5.56 Å². The van der Waals surface area contributed by atoms with Crippen molar-refractivity contribution in [2.45, 2.75) is 6.61 Å². The number of nitrogens with zero attached hydrogens (tertiary/aromatic N) is 2. The van der Waals surface area contributed by atoms with Gasteiger partial charge in [0.2, 0.25) is 0 Å². The van der Waals surface area contributed by atoms with E-state index in [0.29, 0.717) is 16.3 Å². The van der Waals surface area contributed by atoms with E-state index in [2.05, 4.69) is 15.2 Å². The van der Waals surface area contributed by atoms with Gasteiger partial charge in [-0.3, -0.25) is 9.48 Å². The van der Waals surface area contributed by atoms with Gasteiger partial charge in [-0.05, 0) is 35.9 Å². The van der Waals surface area contributed by atoms with Crippen LogP contribution in [-0.4, -0.2) is 28.8 Å². The third-order valence-electron chi connectivity index (χ3n) is 3.85. The zero-order valence-electron chi connectivity index (χ0n) is 15.3. The molecule has 1 amide bonds. The van der Waals surface area contributed by atoms with Crippen molar-refractivity contribution < 1.29 is 19.1 Å². The van der Waals surface area contributed by atoms with Crippen LogP contribution in [0.15, 0.2) is 54.7 Å². The van der Waals surface area contributed by atoms with Crippen LogP contribution in [0, 0.1) is 0 Å². The zero-order valence-corrected chi connectivity index (χ0v) is 16.1. The highest BCUT2D eigenvalue weighted by molar-refractivity contribution is 6.30. The van der Waals surface area contributed by atoms with Crippen LogP contribution >= 0.6 is 11.6 Å². The number of esters is 1. The first-order valence-electron chi connectivity index (χ1n) is 8.37. The van der Waals surface area contributed by atoms with Crippen LogP contribution in [0.2, 0.25) is 5.02 Å². The molecule has 1 heterocycles. The summed E-state index contributed by atoms with van der Waals surface area (Å²) in [6.45, 7) is 0.280. The van der Waals surface area contributed by atoms with Crippen LogP contribution in [0.25, 0.3) is 0 Å². The molecule has 0 unspecified atom stereocenters. The number of carbonyl (C=O) groups is 2. The van der Waals surface area contributed by atoms with Gasteiger partial charge in [0.15, 0.2) is 5.69 Å². The Morgan fingerprint density at radius 3 is 2.71 bits per heavy atom. The van der Waals surface area contributed by atoms with Crippen LogP contribution in [0.5, 0.6) is 5.75 Å². The van der Waals surface area contributed by atoms with Gasteiger partial charge in [-0.15, -0.1) is 0 Å². The zero-order chi connectivity index (χ0) is 20.1. The van der Waals surface area contributed by atoms with Gasteiger partial charge < -0.3 is 14.8 Å². The Morgan fingerprint density at radius 2 is 1.96 bits per heavy atom. The Labute approximate surface area is 166 Å². The van der Waals surface area contributed by atoms with E-state index in [1.54, 1.807) is 49.5 Å². The third-order valence-corrected chi connectivity index (χ3v) is 4.08. The molecule has 0 fully saturated rings. The number of benzene rings is 2. The summed E-state index contributed by atoms with van der Waals surface area (Å²) in [5, 5.41) is 7.29. The molecule has 8 heteroatoms. The molecule has 0 atom stereocenters. The number of hydrogen-bond donors (Lipinski definition) is 1. The minimum absolute atomic E-state index is 0.0406. The quantitative estimate of drug-likeness (QED) is 0.639. The molecule has 1 aromatic heterocycles. The standard InChI is InChI=1S/C20H18ClN3O4/c1-24-11-17(18(23-24)20(26)27-2)22-19(25)14-6-3-5-13(9-14)12-28-16-8-4-7-15(21)10-16/h3-11H,12H2,1-2H3,(H,22,25). The average molecular weight is 400 g/mol. The SMILES string of the molecule is COC(=O)c1nn(C)cc1NC(=O)c1cccc(COc2cccc(Cl)c2)c1. The molecule has 1 N–H and O–H groups in total. The predicted octanol–water partition coefficient (Wildman–Crippen LogP) is 3.69. The van der Waals surface area contributed by atoms with Crippen molar-refractivity contribution in [1.29, 1.82) is 0 Å². The van der Waals surface area contributed by atoms with Crippen LogP contribution < -0.4 is 10.1 Å². The molecule has 0 saturated carbocycles. The van der Waals surface area contributed by atoms with Gasteiger partial charge in [0.05, 0.1) is 12.8 Å². The van der Waals surface area contributed by atoms with E-state index in [-0.39, 0.29) is 23.9 Å². The molecular weight excluding hydrogens is 382 g/mol. The number of aryl methyl sites for hydroxylation is 1. The summed E-state index contributed by atoms with van der Waals surface area (Å²) in [6.07, 6.45) is 1.54. The number of ether oxygens (including phenoxy) is 2. The molecule has 28 heavy (non-hydrogen) atoms. The Kier molecular flexibility index (Phi) is 5.96. The number of nitrogens with one attached hydrogen (secondary N) is 1. The number of halogens is 1. The second-order valence-corrected chi connectivity index (χ2v) is 6.39. The maximum Gasteiger partial charge on any atom is 0.360 e. The smallest absolute Gasteiger partial charge is 0.360 e. The van der Waals surface area contributed by atoms with Gasteiger partial charge in [-0.1, -0.05) is 29.8 Å². The lowest BCUT2D eigenvalue weighted by atomic mass is 10.1. The molecule has 0 aliphatic heterocycles. The largest absolute Gasteiger partial charge is 0.489 e. The molecule has 0 aliphatic rings. The van der Waals surface area contributed by atoms with Gasteiger partial charge in [-0.2, -0.15) is 5.10 Å². The first-order valence-corrected chi connectivity index (χ1v) is 8.74. The second kappa shape index (κ2) is 8.58. The molecule has 3 aromatic rings. The van der Waals surface area contributed by atoms with Crippen molar-refractivity contribution >= 4 is 29.2 Å². The highest BCUT2D eigenvalue weighted by Crippen LogP contribution is 2.19. The van der Waals surface area contributed by atoms with Gasteiger partial charge in [-0.25, -0.2) is 4.79 Å². The summed E-state index contributed by atoms with van der Waals surface area (Å²) in [6, 6.07) is 14.1. The maximum absolute atomic E-state index is 12.6. The van der Waals surface area contributed by atoms with E-state index in [1.165, 1.54) is 18.0 Å². The van der Waals surface area contributed by atoms with Crippen LogP contribution in [-0.2, 0) is 18.4 Å². The van der Waals surface area contributed by atoms with Crippen LogP contribution in [0.3, 0.4) is 0 Å². The molecule has 144 valence electrons. The summed E-state index contributed by atoms with van der Waals surface area (Å²) < 4.78 is 11.8. The number of carbonyl (C=O) groups excluding carboxylic acids is 2. The molecule has 2 aromatic carbocycles. The van der Waals surface area contributed by atoms with Crippen molar-refractivity contribution in [2.75, 3.05) is 12.4 Å². The number of amides is 1. The summed E-state index contributed by atoms with van der Waals surface area (Å²) in [7, 11) is 2.90. The van der Waals surface area contributed by atoms with Gasteiger partial charge >= 0.3 is 5.97 Å². The van der Waals surface area contributed by atoms with Crippen molar-refractivity contribution in [3.8, 4) is 5.75 Å². The minimum Gasteiger partial charge on any atom is -0.489 e. The van der Waals surface area contributed by atoms with Gasteiger partial charge in [0.25, 0.3) is 5.91 Å². The van der Waals surface area contributed by atoms with Crippen molar-refractivity contribution in [2.24, 2.45) is 7.05 Å². The van der Waals surface area contributed by atoms with Gasteiger partial charge in [0.1, 0.15) is 12.4 Å². The Bertz CT molecular complexity index is 1020. The minimum atomic E-state index is -0.625. The van der Waals surface area contributed by atoms with E-state index < -0.39 is 5.97 Å². The predicted molar refractivity (Wildman–Crippen MR) is 105 cm³/mol. The summed E-state index contributed by atoms with van der Waals surface area (Å²) in [5.41, 5.74) is 1.55. The van der Waals surface area contributed by atoms with Gasteiger partial charge in [0, 0.05) is 23.8 Å². The first-order chi connectivity index (χ1) is 13.5. The fourth-order valence-electron chi connectivity index (χ4n) is 2.55. The topological polar surface area (TPSA) is 82.5 Å². The lowest BCUT2D eigenvalue weighted by Crippen LogP contribution is -2.15. The van der Waals surface area contributed by atoms with Crippen molar-refractivity contribution in [1.82, 2.24) is 9.78 Å². The molecule has 0 radical (unpaired) electrons. The number of aromatic nitrogens is 2. The molecule has 7 nitrogen and oxygen atoms in total. The van der Waals surface area contributed by atoms with Crippen LogP contribution in [0.4, 0.5) is 5.69 Å². The van der Waals surface area contributed by atoms with Crippen molar-refractivity contribution in [3.63, 3.8) is 0 Å². The molecular formula is C20H18ClN3O4. The Morgan fingerprint density at radius 1 is 1.18 bits per heavy atom. The number of methoxy groups -OCH3 is 1. The monoisotopic (exact) mass is 399 g/mol. The first kappa shape index (κ1) is 19.4. The fourth-order valence-corrected chi connectivity index (χ4v) is 2.73. The highest BCUT2D eigenvalue weighted by Gasteiger charge is 2.19. The van der Waals surface area contributed by atoms with E-state index >= 15 is 0 Å². The molecule has 0 spiro atoms. The number of anilines is 1. The number of hydrogen-bond acceptors (Lipinski definition) is 5. The van der Waals surface area contributed by atoms with E-state index in [4.69, 9.17) is 16.3 Å². The Balaban J connectivity index is 1.71. The summed E-state index contributed by atoms with van der Waals surface area (Å²) in [4.78, 5) is 24.4. The molecule has 0 aliphatic carbocycles. The Hall–Kier alpha value is -3.32. The molecule has 3 rings (SSSR count). The third kappa shape index (κ3) is 4.69. The molecule has 0 saturated heterocycles. The van der Waals surface area contributed by atoms with E-state index in [9.17, 15) is 9.59 Å². The second-order valence-electron chi connectivity index (χ2n) is 5.96. The number of rotatable bonds is 6. The normalized spacial score (nSPS) is 10.4. The molecule has 0 bridgehead atoms. The van der Waals surface area contributed by atoms with Crippen LogP contribution in [0.1, 0.15) is 26.4 Å². The fraction of sp³-hybridized carbons (Fsp3) is 0.150.